The standard InChI is InChI=1S/C12H19NO2/c1-8-6-9(2)12(11(13)7-8)15-5-4-10(3)14/h6-7,10,14H,4-5,13H2,1-3H3. The number of anilines is 1. The van der Waals surface area contributed by atoms with Crippen LogP contribution >= 0.6 is 0 Å². The van der Waals surface area contributed by atoms with E-state index in [1.165, 1.54) is 0 Å². The fourth-order valence-corrected chi connectivity index (χ4v) is 1.52. The Bertz CT molecular complexity index is 311. The van der Waals surface area contributed by atoms with Gasteiger partial charge >= 0.3 is 0 Å². The maximum absolute atomic E-state index is 9.10. The summed E-state index contributed by atoms with van der Waals surface area (Å²) in [4.78, 5) is 0. The van der Waals surface area contributed by atoms with Crippen LogP contribution in [0, 0.1) is 13.8 Å². The van der Waals surface area contributed by atoms with Crippen LogP contribution in [0.25, 0.3) is 0 Å². The second kappa shape index (κ2) is 5.03. The molecule has 0 radical (unpaired) electrons. The molecule has 0 saturated carbocycles. The molecule has 0 aliphatic rings. The van der Waals surface area contributed by atoms with Gasteiger partial charge in [-0.05, 0) is 38.0 Å². The molecule has 1 aromatic carbocycles. The highest BCUT2D eigenvalue weighted by molar-refractivity contribution is 5.58. The Labute approximate surface area is 90.9 Å². The lowest BCUT2D eigenvalue weighted by atomic mass is 10.1. The maximum atomic E-state index is 9.10. The summed E-state index contributed by atoms with van der Waals surface area (Å²) in [5.74, 6) is 0.737. The van der Waals surface area contributed by atoms with Crippen LogP contribution in [-0.2, 0) is 0 Å². The van der Waals surface area contributed by atoms with Crippen molar-refractivity contribution in [2.75, 3.05) is 12.3 Å². The summed E-state index contributed by atoms with van der Waals surface area (Å²) in [7, 11) is 0. The molecule has 1 aromatic rings. The Morgan fingerprint density at radius 3 is 2.60 bits per heavy atom. The number of hydrogen-bond acceptors (Lipinski definition) is 3. The smallest absolute Gasteiger partial charge is 0.145 e. The van der Waals surface area contributed by atoms with Crippen molar-refractivity contribution in [1.82, 2.24) is 0 Å². The monoisotopic (exact) mass is 209 g/mol. The van der Waals surface area contributed by atoms with Gasteiger partial charge in [0.2, 0.25) is 0 Å². The van der Waals surface area contributed by atoms with Gasteiger partial charge in [0, 0.05) is 6.42 Å². The summed E-state index contributed by atoms with van der Waals surface area (Å²) in [6, 6.07) is 3.93. The minimum atomic E-state index is -0.336. The Morgan fingerprint density at radius 2 is 2.07 bits per heavy atom. The van der Waals surface area contributed by atoms with E-state index in [0.29, 0.717) is 18.7 Å². The second-order valence-corrected chi connectivity index (χ2v) is 3.99. The molecule has 0 saturated heterocycles. The molecule has 0 bridgehead atoms. The first-order valence-corrected chi connectivity index (χ1v) is 5.18. The van der Waals surface area contributed by atoms with E-state index < -0.39 is 0 Å². The largest absolute Gasteiger partial charge is 0.491 e. The molecule has 84 valence electrons. The lowest BCUT2D eigenvalue weighted by molar-refractivity contribution is 0.155. The van der Waals surface area contributed by atoms with E-state index in [-0.39, 0.29) is 6.10 Å². The van der Waals surface area contributed by atoms with Crippen molar-refractivity contribution in [3.05, 3.63) is 23.3 Å². The first-order chi connectivity index (χ1) is 7.00. The van der Waals surface area contributed by atoms with Gasteiger partial charge in [0.25, 0.3) is 0 Å². The number of ether oxygens (including phenoxy) is 1. The minimum Gasteiger partial charge on any atom is -0.491 e. The summed E-state index contributed by atoms with van der Waals surface area (Å²) < 4.78 is 5.55. The van der Waals surface area contributed by atoms with Crippen molar-refractivity contribution in [2.24, 2.45) is 0 Å². The molecule has 3 nitrogen and oxygen atoms in total. The fourth-order valence-electron chi connectivity index (χ4n) is 1.52. The summed E-state index contributed by atoms with van der Waals surface area (Å²) >= 11 is 0. The molecule has 3 N–H and O–H groups in total. The van der Waals surface area contributed by atoms with Crippen LogP contribution in [0.15, 0.2) is 12.1 Å². The van der Waals surface area contributed by atoms with Gasteiger partial charge in [-0.2, -0.15) is 0 Å². The van der Waals surface area contributed by atoms with Crippen molar-refractivity contribution in [3.8, 4) is 5.75 Å². The molecule has 1 rings (SSSR count). The molecule has 0 aromatic heterocycles. The number of nitrogen functional groups attached to an aromatic ring is 1. The molecule has 0 heterocycles. The van der Waals surface area contributed by atoms with Crippen LogP contribution in [0.4, 0.5) is 5.69 Å². The molecule has 0 spiro atoms. The van der Waals surface area contributed by atoms with Gasteiger partial charge in [-0.15, -0.1) is 0 Å². The van der Waals surface area contributed by atoms with Crippen LogP contribution in [0.5, 0.6) is 5.75 Å². The Hall–Kier alpha value is -1.22. The highest BCUT2D eigenvalue weighted by atomic mass is 16.5. The first kappa shape index (κ1) is 11.9. The van der Waals surface area contributed by atoms with E-state index in [2.05, 4.69) is 0 Å². The number of nitrogens with two attached hydrogens (primary N) is 1. The molecule has 15 heavy (non-hydrogen) atoms. The van der Waals surface area contributed by atoms with E-state index in [1.807, 2.05) is 26.0 Å². The van der Waals surface area contributed by atoms with Gasteiger partial charge < -0.3 is 15.6 Å². The third kappa shape index (κ3) is 3.44. The van der Waals surface area contributed by atoms with Gasteiger partial charge in [-0.1, -0.05) is 6.07 Å². The number of aryl methyl sites for hydroxylation is 2. The van der Waals surface area contributed by atoms with Crippen molar-refractivity contribution in [3.63, 3.8) is 0 Å². The van der Waals surface area contributed by atoms with Crippen LogP contribution < -0.4 is 10.5 Å². The van der Waals surface area contributed by atoms with E-state index in [9.17, 15) is 0 Å². The third-order valence-electron chi connectivity index (χ3n) is 2.23. The van der Waals surface area contributed by atoms with Crippen molar-refractivity contribution in [2.45, 2.75) is 33.3 Å². The first-order valence-electron chi connectivity index (χ1n) is 5.18. The van der Waals surface area contributed by atoms with Crippen molar-refractivity contribution >= 4 is 5.69 Å². The summed E-state index contributed by atoms with van der Waals surface area (Å²) in [6.07, 6.45) is 0.282. The lowest BCUT2D eigenvalue weighted by Crippen LogP contribution is -2.09. The van der Waals surface area contributed by atoms with Crippen molar-refractivity contribution in [1.29, 1.82) is 0 Å². The van der Waals surface area contributed by atoms with E-state index in [4.69, 9.17) is 15.6 Å². The zero-order valence-corrected chi connectivity index (χ0v) is 9.58. The minimum absolute atomic E-state index is 0.336. The molecule has 0 amide bonds. The van der Waals surface area contributed by atoms with E-state index >= 15 is 0 Å². The maximum Gasteiger partial charge on any atom is 0.145 e. The zero-order valence-electron chi connectivity index (χ0n) is 9.58. The number of aliphatic hydroxyl groups is 1. The van der Waals surface area contributed by atoms with E-state index in [1.54, 1.807) is 6.92 Å². The van der Waals surface area contributed by atoms with Gasteiger partial charge in [0.1, 0.15) is 5.75 Å². The third-order valence-corrected chi connectivity index (χ3v) is 2.23. The molecule has 1 unspecified atom stereocenters. The summed E-state index contributed by atoms with van der Waals surface area (Å²) in [6.45, 7) is 6.21. The highest BCUT2D eigenvalue weighted by Gasteiger charge is 2.06. The van der Waals surface area contributed by atoms with Gasteiger partial charge in [-0.3, -0.25) is 0 Å². The SMILES string of the molecule is Cc1cc(C)c(OCCC(C)O)c(N)c1. The van der Waals surface area contributed by atoms with Crippen LogP contribution in [0.3, 0.4) is 0 Å². The number of benzene rings is 1. The number of rotatable bonds is 4. The molecular formula is C12H19NO2. The number of aliphatic hydroxyl groups excluding tert-OH is 1. The van der Waals surface area contributed by atoms with Crippen molar-refractivity contribution < 1.29 is 9.84 Å². The topological polar surface area (TPSA) is 55.5 Å². The Balaban J connectivity index is 2.68. The predicted molar refractivity (Wildman–Crippen MR) is 62.1 cm³/mol. The normalized spacial score (nSPS) is 12.5. The molecule has 0 aliphatic heterocycles. The Morgan fingerprint density at radius 1 is 1.40 bits per heavy atom. The molecular weight excluding hydrogens is 190 g/mol. The van der Waals surface area contributed by atoms with Gasteiger partial charge in [0.15, 0.2) is 0 Å². The Kier molecular flexibility index (Phi) is 3.97. The summed E-state index contributed by atoms with van der Waals surface area (Å²) in [5, 5.41) is 9.10. The molecule has 1 atom stereocenters. The molecule has 0 fully saturated rings. The average Bonchev–Trinajstić information content (AvgIpc) is 2.08. The summed E-state index contributed by atoms with van der Waals surface area (Å²) in [5.41, 5.74) is 8.69. The number of hydrogen-bond donors (Lipinski definition) is 2. The van der Waals surface area contributed by atoms with E-state index in [0.717, 1.165) is 16.9 Å². The highest BCUT2D eigenvalue weighted by Crippen LogP contribution is 2.27. The average molecular weight is 209 g/mol. The molecule has 0 aliphatic carbocycles. The van der Waals surface area contributed by atoms with Crippen LogP contribution in [0.2, 0.25) is 0 Å². The zero-order chi connectivity index (χ0) is 11.4. The van der Waals surface area contributed by atoms with Crippen LogP contribution in [0.1, 0.15) is 24.5 Å². The quantitative estimate of drug-likeness (QED) is 0.746. The van der Waals surface area contributed by atoms with Crippen LogP contribution in [-0.4, -0.2) is 17.8 Å². The van der Waals surface area contributed by atoms with Gasteiger partial charge in [-0.25, -0.2) is 0 Å². The fraction of sp³-hybridized carbons (Fsp3) is 0.500. The second-order valence-electron chi connectivity index (χ2n) is 3.99. The molecule has 3 heteroatoms. The lowest BCUT2D eigenvalue weighted by Gasteiger charge is -2.13. The van der Waals surface area contributed by atoms with Gasteiger partial charge in [0.05, 0.1) is 18.4 Å². The predicted octanol–water partition coefficient (Wildman–Crippen LogP) is 2.04.